The van der Waals surface area contributed by atoms with Crippen LogP contribution in [0.5, 0.6) is 0 Å². The number of benzene rings is 3. The minimum absolute atomic E-state index is 0.261. The largest absolute Gasteiger partial charge is 0.261 e. The van der Waals surface area contributed by atoms with E-state index in [0.717, 1.165) is 16.8 Å². The standard InChI is InChI=1S/C20H17FN2/c21-19-11-7-10-18(14-19)15-22-23(20-12-5-2-6-13-20)16-17-8-3-1-4-9-17/h1-15H,16H2. The van der Waals surface area contributed by atoms with Crippen LogP contribution in [0, 0.1) is 5.82 Å². The number of para-hydroxylation sites is 1. The van der Waals surface area contributed by atoms with Crippen LogP contribution < -0.4 is 5.01 Å². The van der Waals surface area contributed by atoms with Gasteiger partial charge >= 0.3 is 0 Å². The molecule has 0 saturated heterocycles. The van der Waals surface area contributed by atoms with Gasteiger partial charge in [0.1, 0.15) is 5.82 Å². The minimum atomic E-state index is -0.261. The van der Waals surface area contributed by atoms with Gasteiger partial charge in [-0.25, -0.2) is 4.39 Å². The Labute approximate surface area is 135 Å². The molecule has 23 heavy (non-hydrogen) atoms. The van der Waals surface area contributed by atoms with Gasteiger partial charge in [0.25, 0.3) is 0 Å². The Hall–Kier alpha value is -2.94. The fourth-order valence-corrected chi connectivity index (χ4v) is 2.28. The SMILES string of the molecule is Fc1cccc(C=NN(Cc2ccccc2)c2ccccc2)c1. The van der Waals surface area contributed by atoms with Crippen LogP contribution in [0.3, 0.4) is 0 Å². The van der Waals surface area contributed by atoms with Crippen molar-refractivity contribution in [3.05, 3.63) is 102 Å². The molecular weight excluding hydrogens is 287 g/mol. The normalized spacial score (nSPS) is 10.8. The zero-order valence-corrected chi connectivity index (χ0v) is 12.6. The van der Waals surface area contributed by atoms with Crippen LogP contribution in [0.4, 0.5) is 10.1 Å². The predicted molar refractivity (Wildman–Crippen MR) is 93.1 cm³/mol. The average Bonchev–Trinajstić information content (AvgIpc) is 2.60. The Kier molecular flexibility index (Phi) is 4.79. The predicted octanol–water partition coefficient (Wildman–Crippen LogP) is 4.87. The van der Waals surface area contributed by atoms with E-state index in [9.17, 15) is 4.39 Å². The highest BCUT2D eigenvalue weighted by Gasteiger charge is 2.05. The Morgan fingerprint density at radius 1 is 0.826 bits per heavy atom. The van der Waals surface area contributed by atoms with Crippen molar-refractivity contribution >= 4 is 11.9 Å². The molecule has 3 aromatic carbocycles. The molecule has 0 aliphatic carbocycles. The molecule has 0 amide bonds. The van der Waals surface area contributed by atoms with Gasteiger partial charge < -0.3 is 0 Å². The Balaban J connectivity index is 1.86. The third kappa shape index (κ3) is 4.27. The maximum absolute atomic E-state index is 13.3. The van der Waals surface area contributed by atoms with Crippen LogP contribution in [0.25, 0.3) is 0 Å². The molecule has 0 fully saturated rings. The van der Waals surface area contributed by atoms with E-state index in [0.29, 0.717) is 6.54 Å². The topological polar surface area (TPSA) is 15.6 Å². The lowest BCUT2D eigenvalue weighted by molar-refractivity contribution is 0.627. The van der Waals surface area contributed by atoms with E-state index in [1.54, 1.807) is 12.3 Å². The summed E-state index contributed by atoms with van der Waals surface area (Å²) in [5.74, 6) is -0.261. The molecule has 0 saturated carbocycles. The molecule has 114 valence electrons. The first-order valence-electron chi connectivity index (χ1n) is 7.47. The van der Waals surface area contributed by atoms with Gasteiger partial charge in [0.2, 0.25) is 0 Å². The van der Waals surface area contributed by atoms with Crippen molar-refractivity contribution in [1.82, 2.24) is 0 Å². The Morgan fingerprint density at radius 2 is 1.52 bits per heavy atom. The quantitative estimate of drug-likeness (QED) is 0.485. The highest BCUT2D eigenvalue weighted by molar-refractivity contribution is 5.80. The molecule has 0 aliphatic heterocycles. The van der Waals surface area contributed by atoms with E-state index < -0.39 is 0 Å². The molecule has 0 heterocycles. The first kappa shape index (κ1) is 15.0. The second-order valence-corrected chi connectivity index (χ2v) is 5.18. The number of anilines is 1. The molecule has 0 atom stereocenters. The maximum Gasteiger partial charge on any atom is 0.123 e. The van der Waals surface area contributed by atoms with E-state index >= 15 is 0 Å². The second kappa shape index (κ2) is 7.36. The molecule has 0 N–H and O–H groups in total. The Morgan fingerprint density at radius 3 is 2.22 bits per heavy atom. The van der Waals surface area contributed by atoms with Gasteiger partial charge in [0.05, 0.1) is 18.4 Å². The first-order chi connectivity index (χ1) is 11.3. The monoisotopic (exact) mass is 304 g/mol. The minimum Gasteiger partial charge on any atom is -0.261 e. The summed E-state index contributed by atoms with van der Waals surface area (Å²) < 4.78 is 13.3. The summed E-state index contributed by atoms with van der Waals surface area (Å²) in [6.07, 6.45) is 1.68. The molecule has 0 bridgehead atoms. The highest BCUT2D eigenvalue weighted by Crippen LogP contribution is 2.17. The summed E-state index contributed by atoms with van der Waals surface area (Å²) in [6, 6.07) is 26.5. The molecule has 0 aromatic heterocycles. The van der Waals surface area contributed by atoms with Crippen molar-refractivity contribution in [3.63, 3.8) is 0 Å². The van der Waals surface area contributed by atoms with Gasteiger partial charge in [-0.3, -0.25) is 5.01 Å². The lowest BCUT2D eigenvalue weighted by Gasteiger charge is -2.19. The van der Waals surface area contributed by atoms with Crippen molar-refractivity contribution in [2.45, 2.75) is 6.54 Å². The zero-order valence-electron chi connectivity index (χ0n) is 12.6. The third-order valence-corrected chi connectivity index (χ3v) is 3.42. The van der Waals surface area contributed by atoms with E-state index in [-0.39, 0.29) is 5.82 Å². The van der Waals surface area contributed by atoms with E-state index in [2.05, 4.69) is 17.2 Å². The van der Waals surface area contributed by atoms with Crippen molar-refractivity contribution in [3.8, 4) is 0 Å². The molecule has 3 rings (SSSR count). The lowest BCUT2D eigenvalue weighted by Crippen LogP contribution is -2.16. The van der Waals surface area contributed by atoms with E-state index in [1.807, 2.05) is 59.6 Å². The van der Waals surface area contributed by atoms with Crippen molar-refractivity contribution < 1.29 is 4.39 Å². The van der Waals surface area contributed by atoms with Crippen molar-refractivity contribution in [2.75, 3.05) is 5.01 Å². The van der Waals surface area contributed by atoms with Gasteiger partial charge in [0.15, 0.2) is 0 Å². The summed E-state index contributed by atoms with van der Waals surface area (Å²) in [7, 11) is 0. The van der Waals surface area contributed by atoms with E-state index in [4.69, 9.17) is 0 Å². The van der Waals surface area contributed by atoms with Crippen molar-refractivity contribution in [1.29, 1.82) is 0 Å². The molecule has 3 heteroatoms. The smallest absolute Gasteiger partial charge is 0.123 e. The number of halogens is 1. The molecular formula is C20H17FN2. The second-order valence-electron chi connectivity index (χ2n) is 5.18. The maximum atomic E-state index is 13.3. The summed E-state index contributed by atoms with van der Waals surface area (Å²) in [5.41, 5.74) is 2.88. The average molecular weight is 304 g/mol. The van der Waals surface area contributed by atoms with Crippen LogP contribution in [0.15, 0.2) is 90.0 Å². The van der Waals surface area contributed by atoms with Gasteiger partial charge in [-0.1, -0.05) is 60.7 Å². The molecule has 3 aromatic rings. The Bertz CT molecular complexity index is 770. The van der Waals surface area contributed by atoms with Crippen LogP contribution in [-0.4, -0.2) is 6.21 Å². The lowest BCUT2D eigenvalue weighted by atomic mass is 10.2. The van der Waals surface area contributed by atoms with Gasteiger partial charge in [-0.15, -0.1) is 0 Å². The van der Waals surface area contributed by atoms with Gasteiger partial charge in [-0.2, -0.15) is 5.10 Å². The molecule has 0 radical (unpaired) electrons. The molecule has 2 nitrogen and oxygen atoms in total. The fraction of sp³-hybridized carbons (Fsp3) is 0.0500. The summed E-state index contributed by atoms with van der Waals surface area (Å²) >= 11 is 0. The summed E-state index contributed by atoms with van der Waals surface area (Å²) in [4.78, 5) is 0. The molecule has 0 spiro atoms. The number of hydrogen-bond acceptors (Lipinski definition) is 2. The van der Waals surface area contributed by atoms with Crippen molar-refractivity contribution in [2.24, 2.45) is 5.10 Å². The van der Waals surface area contributed by atoms with Crippen LogP contribution in [0.2, 0.25) is 0 Å². The number of nitrogens with zero attached hydrogens (tertiary/aromatic N) is 2. The molecule has 0 aliphatic rings. The zero-order chi connectivity index (χ0) is 15.9. The highest BCUT2D eigenvalue weighted by atomic mass is 19.1. The molecule has 0 unspecified atom stereocenters. The summed E-state index contributed by atoms with van der Waals surface area (Å²) in [6.45, 7) is 0.649. The van der Waals surface area contributed by atoms with Gasteiger partial charge in [-0.05, 0) is 35.4 Å². The van der Waals surface area contributed by atoms with Crippen LogP contribution in [0.1, 0.15) is 11.1 Å². The number of hydrazone groups is 1. The first-order valence-corrected chi connectivity index (χ1v) is 7.47. The fourth-order valence-electron chi connectivity index (χ4n) is 2.28. The third-order valence-electron chi connectivity index (χ3n) is 3.42. The van der Waals surface area contributed by atoms with Crippen LogP contribution >= 0.6 is 0 Å². The number of hydrogen-bond donors (Lipinski definition) is 0. The summed E-state index contributed by atoms with van der Waals surface area (Å²) in [5, 5.41) is 6.45. The number of rotatable bonds is 5. The van der Waals surface area contributed by atoms with Gasteiger partial charge in [0, 0.05) is 0 Å². The van der Waals surface area contributed by atoms with E-state index in [1.165, 1.54) is 12.1 Å². The van der Waals surface area contributed by atoms with Crippen LogP contribution in [-0.2, 0) is 6.54 Å².